The van der Waals surface area contributed by atoms with E-state index in [1.165, 1.54) is 4.90 Å². The molecule has 1 aliphatic rings. The molecular formula is C20H28N4O3. The van der Waals surface area contributed by atoms with Gasteiger partial charge in [0.15, 0.2) is 0 Å². The van der Waals surface area contributed by atoms with Gasteiger partial charge in [0.1, 0.15) is 0 Å². The lowest BCUT2D eigenvalue weighted by Gasteiger charge is -2.39. The molecular weight excluding hydrogens is 344 g/mol. The van der Waals surface area contributed by atoms with Crippen LogP contribution in [0.5, 0.6) is 0 Å². The number of likely N-dealkylation sites (tertiary alicyclic amines) is 1. The summed E-state index contributed by atoms with van der Waals surface area (Å²) in [5, 5.41) is 18.5. The van der Waals surface area contributed by atoms with Crippen molar-refractivity contribution in [2.75, 3.05) is 13.1 Å². The summed E-state index contributed by atoms with van der Waals surface area (Å²) in [6.07, 6.45) is 0.201. The Bertz CT molecular complexity index is 710. The first-order valence-corrected chi connectivity index (χ1v) is 9.16. The number of carboxylic acid groups (broad SMARTS) is 1. The summed E-state index contributed by atoms with van der Waals surface area (Å²) in [6.45, 7) is 7.08. The number of benzene rings is 1. The van der Waals surface area contributed by atoms with Gasteiger partial charge < -0.3 is 20.6 Å². The highest BCUT2D eigenvalue weighted by Gasteiger charge is 2.35. The van der Waals surface area contributed by atoms with E-state index in [0.717, 1.165) is 5.56 Å². The van der Waals surface area contributed by atoms with Gasteiger partial charge in [-0.05, 0) is 36.0 Å². The van der Waals surface area contributed by atoms with E-state index in [1.54, 1.807) is 29.2 Å². The quantitative estimate of drug-likeness (QED) is 0.843. The zero-order chi connectivity index (χ0) is 20.2. The standard InChI is InChI=1S/C20H28N4O3/c1-20(2,3)17(22)18(25)23-10-8-16(9-11-23)24(19(26)27)13-15-6-4-14(12-21)5-7-15/h4-7,16-17H,8-11,13,22H2,1-3H3,(H,26,27)/t17-/m1/s1. The van der Waals surface area contributed by atoms with Crippen LogP contribution in [0.2, 0.25) is 0 Å². The molecule has 2 rings (SSSR count). The van der Waals surface area contributed by atoms with Crippen LogP contribution in [0.3, 0.4) is 0 Å². The van der Waals surface area contributed by atoms with Crippen molar-refractivity contribution in [3.8, 4) is 6.07 Å². The molecule has 0 unspecified atom stereocenters. The second-order valence-corrected chi connectivity index (χ2v) is 8.12. The van der Waals surface area contributed by atoms with Crippen LogP contribution in [0.15, 0.2) is 24.3 Å². The van der Waals surface area contributed by atoms with Gasteiger partial charge in [-0.15, -0.1) is 0 Å². The number of hydrogen-bond donors (Lipinski definition) is 2. The zero-order valence-corrected chi connectivity index (χ0v) is 16.2. The van der Waals surface area contributed by atoms with Gasteiger partial charge in [0, 0.05) is 25.7 Å². The van der Waals surface area contributed by atoms with E-state index in [9.17, 15) is 14.7 Å². The molecule has 2 amide bonds. The van der Waals surface area contributed by atoms with E-state index in [-0.39, 0.29) is 23.9 Å². The third kappa shape index (κ3) is 5.20. The number of carbonyl (C=O) groups is 2. The number of nitriles is 1. The van der Waals surface area contributed by atoms with Crippen LogP contribution in [0.1, 0.15) is 44.7 Å². The van der Waals surface area contributed by atoms with Crippen molar-refractivity contribution in [1.82, 2.24) is 9.80 Å². The van der Waals surface area contributed by atoms with E-state index in [4.69, 9.17) is 11.0 Å². The van der Waals surface area contributed by atoms with E-state index >= 15 is 0 Å². The van der Waals surface area contributed by atoms with Crippen LogP contribution >= 0.6 is 0 Å². The van der Waals surface area contributed by atoms with Crippen LogP contribution in [-0.4, -0.2) is 52.1 Å². The molecule has 1 aliphatic heterocycles. The minimum Gasteiger partial charge on any atom is -0.465 e. The number of nitrogens with zero attached hydrogens (tertiary/aromatic N) is 3. The average Bonchev–Trinajstić information content (AvgIpc) is 2.64. The van der Waals surface area contributed by atoms with Gasteiger partial charge in [-0.25, -0.2) is 4.79 Å². The highest BCUT2D eigenvalue weighted by molar-refractivity contribution is 5.82. The molecule has 7 nitrogen and oxygen atoms in total. The third-order valence-corrected chi connectivity index (χ3v) is 5.10. The summed E-state index contributed by atoms with van der Waals surface area (Å²) in [4.78, 5) is 27.5. The van der Waals surface area contributed by atoms with Gasteiger partial charge in [-0.2, -0.15) is 5.26 Å². The number of nitrogens with two attached hydrogens (primary N) is 1. The first kappa shape index (κ1) is 20.7. The summed E-state index contributed by atoms with van der Waals surface area (Å²) < 4.78 is 0. The molecule has 1 heterocycles. The van der Waals surface area contributed by atoms with E-state index < -0.39 is 12.1 Å². The monoisotopic (exact) mass is 372 g/mol. The zero-order valence-electron chi connectivity index (χ0n) is 16.2. The van der Waals surface area contributed by atoms with Gasteiger partial charge in [0.05, 0.1) is 17.7 Å². The molecule has 1 fully saturated rings. The highest BCUT2D eigenvalue weighted by atomic mass is 16.4. The second kappa shape index (κ2) is 8.40. The Balaban J connectivity index is 1.99. The summed E-state index contributed by atoms with van der Waals surface area (Å²) in [6, 6.07) is 8.26. The lowest BCUT2D eigenvalue weighted by atomic mass is 9.86. The molecule has 0 spiro atoms. The van der Waals surface area contributed by atoms with Gasteiger partial charge in [-0.3, -0.25) is 4.79 Å². The minimum absolute atomic E-state index is 0.0742. The minimum atomic E-state index is -0.976. The first-order chi connectivity index (χ1) is 12.6. The molecule has 1 aromatic rings. The van der Waals surface area contributed by atoms with Crippen molar-refractivity contribution in [3.63, 3.8) is 0 Å². The molecule has 0 bridgehead atoms. The van der Waals surface area contributed by atoms with Crippen molar-refractivity contribution >= 4 is 12.0 Å². The topological polar surface area (TPSA) is 111 Å². The molecule has 1 saturated heterocycles. The lowest BCUT2D eigenvalue weighted by molar-refractivity contribution is -0.136. The van der Waals surface area contributed by atoms with Crippen LogP contribution < -0.4 is 5.73 Å². The van der Waals surface area contributed by atoms with Crippen molar-refractivity contribution in [2.45, 2.75) is 52.2 Å². The van der Waals surface area contributed by atoms with Crippen molar-refractivity contribution < 1.29 is 14.7 Å². The second-order valence-electron chi connectivity index (χ2n) is 8.12. The normalized spacial score (nSPS) is 16.5. The number of carbonyl (C=O) groups excluding carboxylic acids is 1. The Morgan fingerprint density at radius 3 is 2.30 bits per heavy atom. The molecule has 146 valence electrons. The lowest BCUT2D eigenvalue weighted by Crippen LogP contribution is -2.54. The maximum atomic E-state index is 12.6. The SMILES string of the molecule is CC(C)(C)[C@H](N)C(=O)N1CCC(N(Cc2ccc(C#N)cc2)C(=O)O)CC1. The predicted octanol–water partition coefficient (Wildman–Crippen LogP) is 2.40. The molecule has 7 heteroatoms. The Morgan fingerprint density at radius 1 is 1.30 bits per heavy atom. The van der Waals surface area contributed by atoms with E-state index in [0.29, 0.717) is 31.5 Å². The van der Waals surface area contributed by atoms with E-state index in [2.05, 4.69) is 6.07 Å². The van der Waals surface area contributed by atoms with Crippen molar-refractivity contribution in [2.24, 2.45) is 11.1 Å². The molecule has 0 radical (unpaired) electrons. The fourth-order valence-corrected chi connectivity index (χ4v) is 3.20. The Kier molecular flexibility index (Phi) is 6.45. The average molecular weight is 372 g/mol. The number of rotatable bonds is 4. The Hall–Kier alpha value is -2.59. The Morgan fingerprint density at radius 2 is 1.85 bits per heavy atom. The number of piperidine rings is 1. The van der Waals surface area contributed by atoms with Gasteiger partial charge >= 0.3 is 6.09 Å². The fourth-order valence-electron chi connectivity index (χ4n) is 3.20. The molecule has 0 aliphatic carbocycles. The summed E-state index contributed by atoms with van der Waals surface area (Å²) in [7, 11) is 0. The molecule has 1 aromatic carbocycles. The molecule has 1 atom stereocenters. The number of amides is 2. The maximum absolute atomic E-state index is 12.6. The van der Waals surface area contributed by atoms with Crippen LogP contribution in [-0.2, 0) is 11.3 Å². The predicted molar refractivity (Wildman–Crippen MR) is 102 cm³/mol. The van der Waals surface area contributed by atoms with E-state index in [1.807, 2.05) is 20.8 Å². The highest BCUT2D eigenvalue weighted by Crippen LogP contribution is 2.23. The molecule has 27 heavy (non-hydrogen) atoms. The molecule has 0 aromatic heterocycles. The fraction of sp³-hybridized carbons (Fsp3) is 0.550. The smallest absolute Gasteiger partial charge is 0.407 e. The maximum Gasteiger partial charge on any atom is 0.407 e. The largest absolute Gasteiger partial charge is 0.465 e. The van der Waals surface area contributed by atoms with Gasteiger partial charge in [0.25, 0.3) is 0 Å². The summed E-state index contributed by atoms with van der Waals surface area (Å²) >= 11 is 0. The van der Waals surface area contributed by atoms with Gasteiger partial charge in [-0.1, -0.05) is 32.9 Å². The van der Waals surface area contributed by atoms with Crippen LogP contribution in [0, 0.1) is 16.7 Å². The first-order valence-electron chi connectivity index (χ1n) is 9.16. The van der Waals surface area contributed by atoms with Crippen LogP contribution in [0.25, 0.3) is 0 Å². The van der Waals surface area contributed by atoms with Gasteiger partial charge in [0.2, 0.25) is 5.91 Å². The summed E-state index contributed by atoms with van der Waals surface area (Å²) in [5.41, 5.74) is 7.15. The van der Waals surface area contributed by atoms with Crippen LogP contribution in [0.4, 0.5) is 4.79 Å². The number of hydrogen-bond acceptors (Lipinski definition) is 4. The molecule has 0 saturated carbocycles. The van der Waals surface area contributed by atoms with Crippen molar-refractivity contribution in [3.05, 3.63) is 35.4 Å². The Labute approximate surface area is 160 Å². The summed E-state index contributed by atoms with van der Waals surface area (Å²) in [5.74, 6) is -0.0742. The third-order valence-electron chi connectivity index (χ3n) is 5.10. The molecule has 3 N–H and O–H groups in total. The van der Waals surface area contributed by atoms with Crippen molar-refractivity contribution in [1.29, 1.82) is 5.26 Å².